The molecule has 0 atom stereocenters. The van der Waals surface area contributed by atoms with Crippen LogP contribution in [0.5, 0.6) is 0 Å². The standard InChI is InChI=1S/C10H13N3O/c1-10(2)9(14)12-8-6(11)4-3-5-7(8)13-10/h3-5,13H,11H2,1-2H3,(H,12,14). The zero-order chi connectivity index (χ0) is 10.3. The van der Waals surface area contributed by atoms with Crippen molar-refractivity contribution < 1.29 is 4.79 Å². The van der Waals surface area contributed by atoms with Gasteiger partial charge in [0.1, 0.15) is 5.54 Å². The summed E-state index contributed by atoms with van der Waals surface area (Å²) in [4.78, 5) is 11.6. The summed E-state index contributed by atoms with van der Waals surface area (Å²) in [6.45, 7) is 3.66. The minimum atomic E-state index is -0.583. The zero-order valence-corrected chi connectivity index (χ0v) is 8.22. The highest BCUT2D eigenvalue weighted by atomic mass is 16.2. The van der Waals surface area contributed by atoms with E-state index in [1.165, 1.54) is 0 Å². The molecule has 2 rings (SSSR count). The molecule has 0 saturated heterocycles. The van der Waals surface area contributed by atoms with E-state index in [2.05, 4.69) is 10.6 Å². The second kappa shape index (κ2) is 2.64. The zero-order valence-electron chi connectivity index (χ0n) is 8.22. The lowest BCUT2D eigenvalue weighted by molar-refractivity contribution is -0.119. The Morgan fingerprint density at radius 1 is 1.36 bits per heavy atom. The first kappa shape index (κ1) is 8.87. The van der Waals surface area contributed by atoms with E-state index in [-0.39, 0.29) is 5.91 Å². The number of para-hydroxylation sites is 1. The molecule has 14 heavy (non-hydrogen) atoms. The van der Waals surface area contributed by atoms with E-state index in [1.54, 1.807) is 6.07 Å². The molecule has 0 saturated carbocycles. The first-order valence-corrected chi connectivity index (χ1v) is 4.49. The molecule has 0 fully saturated rings. The number of anilines is 3. The van der Waals surface area contributed by atoms with Gasteiger partial charge in [0.2, 0.25) is 5.91 Å². The molecule has 4 N–H and O–H groups in total. The van der Waals surface area contributed by atoms with Crippen LogP contribution in [0.2, 0.25) is 0 Å². The number of carbonyl (C=O) groups excluding carboxylic acids is 1. The summed E-state index contributed by atoms with van der Waals surface area (Å²) in [6.07, 6.45) is 0. The number of hydrogen-bond acceptors (Lipinski definition) is 3. The normalized spacial score (nSPS) is 18.0. The molecule has 1 heterocycles. The lowest BCUT2D eigenvalue weighted by atomic mass is 10.00. The molecular formula is C10H13N3O. The average molecular weight is 191 g/mol. The van der Waals surface area contributed by atoms with Crippen LogP contribution in [0, 0.1) is 0 Å². The molecule has 1 amide bonds. The lowest BCUT2D eigenvalue weighted by Crippen LogP contribution is -2.47. The van der Waals surface area contributed by atoms with Crippen molar-refractivity contribution in [3.63, 3.8) is 0 Å². The number of nitrogen functional groups attached to an aromatic ring is 1. The van der Waals surface area contributed by atoms with Gasteiger partial charge in [0, 0.05) is 0 Å². The Kier molecular flexibility index (Phi) is 1.67. The average Bonchev–Trinajstić information content (AvgIpc) is 2.08. The topological polar surface area (TPSA) is 67.2 Å². The van der Waals surface area contributed by atoms with Crippen LogP contribution >= 0.6 is 0 Å². The number of amides is 1. The smallest absolute Gasteiger partial charge is 0.249 e. The maximum absolute atomic E-state index is 11.6. The van der Waals surface area contributed by atoms with Crippen LogP contribution < -0.4 is 16.4 Å². The summed E-state index contributed by atoms with van der Waals surface area (Å²) in [5.41, 5.74) is 7.28. The van der Waals surface area contributed by atoms with Gasteiger partial charge in [-0.25, -0.2) is 0 Å². The number of nitrogens with two attached hydrogens (primary N) is 1. The van der Waals surface area contributed by atoms with Gasteiger partial charge < -0.3 is 16.4 Å². The highest BCUT2D eigenvalue weighted by molar-refractivity contribution is 6.08. The molecule has 0 aliphatic carbocycles. The van der Waals surface area contributed by atoms with Crippen molar-refractivity contribution in [1.82, 2.24) is 0 Å². The first-order chi connectivity index (χ1) is 6.50. The van der Waals surface area contributed by atoms with Crippen molar-refractivity contribution in [1.29, 1.82) is 0 Å². The molecule has 0 radical (unpaired) electrons. The molecule has 1 aromatic rings. The second-order valence-corrected chi connectivity index (χ2v) is 3.97. The Bertz CT molecular complexity index is 398. The number of rotatable bonds is 0. The molecule has 0 spiro atoms. The van der Waals surface area contributed by atoms with Gasteiger partial charge in [0.15, 0.2) is 0 Å². The molecule has 1 aromatic carbocycles. The molecule has 0 unspecified atom stereocenters. The number of benzene rings is 1. The second-order valence-electron chi connectivity index (χ2n) is 3.97. The highest BCUT2D eigenvalue weighted by Gasteiger charge is 2.33. The maximum Gasteiger partial charge on any atom is 0.249 e. The van der Waals surface area contributed by atoms with E-state index in [0.29, 0.717) is 11.4 Å². The van der Waals surface area contributed by atoms with Crippen LogP contribution in [-0.4, -0.2) is 11.4 Å². The number of hydrogen-bond donors (Lipinski definition) is 3. The molecule has 4 nitrogen and oxygen atoms in total. The summed E-state index contributed by atoms with van der Waals surface area (Å²) in [5, 5.41) is 5.93. The van der Waals surface area contributed by atoms with Crippen molar-refractivity contribution in [3.05, 3.63) is 18.2 Å². The molecule has 1 aliphatic rings. The Morgan fingerprint density at radius 3 is 2.79 bits per heavy atom. The van der Waals surface area contributed by atoms with Gasteiger partial charge in [-0.2, -0.15) is 0 Å². The summed E-state index contributed by atoms with van der Waals surface area (Å²) >= 11 is 0. The molecule has 0 aromatic heterocycles. The molecular weight excluding hydrogens is 178 g/mol. The third kappa shape index (κ3) is 1.19. The monoisotopic (exact) mass is 191 g/mol. The fourth-order valence-corrected chi connectivity index (χ4v) is 1.48. The van der Waals surface area contributed by atoms with Crippen molar-refractivity contribution in [3.8, 4) is 0 Å². The van der Waals surface area contributed by atoms with E-state index in [0.717, 1.165) is 5.69 Å². The van der Waals surface area contributed by atoms with Gasteiger partial charge in [-0.1, -0.05) is 6.07 Å². The fourth-order valence-electron chi connectivity index (χ4n) is 1.48. The van der Waals surface area contributed by atoms with E-state index in [1.807, 2.05) is 26.0 Å². The third-order valence-electron chi connectivity index (χ3n) is 2.35. The van der Waals surface area contributed by atoms with Gasteiger partial charge >= 0.3 is 0 Å². The van der Waals surface area contributed by atoms with Crippen LogP contribution in [0.3, 0.4) is 0 Å². The summed E-state index contributed by atoms with van der Waals surface area (Å²) in [6, 6.07) is 5.51. The largest absolute Gasteiger partial charge is 0.397 e. The quantitative estimate of drug-likeness (QED) is 0.543. The molecule has 74 valence electrons. The van der Waals surface area contributed by atoms with Crippen LogP contribution in [0.4, 0.5) is 17.1 Å². The van der Waals surface area contributed by atoms with Crippen LogP contribution in [0.25, 0.3) is 0 Å². The predicted molar refractivity (Wildman–Crippen MR) is 57.2 cm³/mol. The Hall–Kier alpha value is -1.71. The third-order valence-corrected chi connectivity index (χ3v) is 2.35. The summed E-state index contributed by atoms with van der Waals surface area (Å²) in [5.74, 6) is -0.0668. The molecule has 1 aliphatic heterocycles. The van der Waals surface area contributed by atoms with Crippen LogP contribution in [0.15, 0.2) is 18.2 Å². The van der Waals surface area contributed by atoms with E-state index < -0.39 is 5.54 Å². The van der Waals surface area contributed by atoms with Crippen molar-refractivity contribution in [2.45, 2.75) is 19.4 Å². The highest BCUT2D eigenvalue weighted by Crippen LogP contribution is 2.34. The number of fused-ring (bicyclic) bond motifs is 1. The lowest BCUT2D eigenvalue weighted by Gasteiger charge is -2.33. The predicted octanol–water partition coefficient (Wildman–Crippen LogP) is 1.41. The Morgan fingerprint density at radius 2 is 2.07 bits per heavy atom. The van der Waals surface area contributed by atoms with Crippen molar-refractivity contribution >= 4 is 23.0 Å². The van der Waals surface area contributed by atoms with Gasteiger partial charge in [0.05, 0.1) is 17.1 Å². The van der Waals surface area contributed by atoms with Gasteiger partial charge in [-0.05, 0) is 26.0 Å². The van der Waals surface area contributed by atoms with Crippen LogP contribution in [-0.2, 0) is 4.79 Å². The number of carbonyl (C=O) groups is 1. The summed E-state index contributed by atoms with van der Waals surface area (Å²) in [7, 11) is 0. The SMILES string of the molecule is CC1(C)Nc2cccc(N)c2NC1=O. The van der Waals surface area contributed by atoms with Gasteiger partial charge in [0.25, 0.3) is 0 Å². The number of nitrogens with one attached hydrogen (secondary N) is 2. The minimum absolute atomic E-state index is 0.0668. The van der Waals surface area contributed by atoms with Crippen molar-refractivity contribution in [2.75, 3.05) is 16.4 Å². The van der Waals surface area contributed by atoms with E-state index >= 15 is 0 Å². The van der Waals surface area contributed by atoms with Crippen LogP contribution in [0.1, 0.15) is 13.8 Å². The Labute approximate surface area is 82.5 Å². The molecule has 4 heteroatoms. The van der Waals surface area contributed by atoms with E-state index in [9.17, 15) is 4.79 Å². The Balaban J connectivity index is 2.51. The first-order valence-electron chi connectivity index (χ1n) is 4.49. The molecule has 0 bridgehead atoms. The van der Waals surface area contributed by atoms with Gasteiger partial charge in [-0.15, -0.1) is 0 Å². The van der Waals surface area contributed by atoms with E-state index in [4.69, 9.17) is 5.73 Å². The van der Waals surface area contributed by atoms with Crippen molar-refractivity contribution in [2.24, 2.45) is 0 Å². The minimum Gasteiger partial charge on any atom is -0.397 e. The fraction of sp³-hybridized carbons (Fsp3) is 0.300. The van der Waals surface area contributed by atoms with Gasteiger partial charge in [-0.3, -0.25) is 4.79 Å². The summed E-state index contributed by atoms with van der Waals surface area (Å²) < 4.78 is 0. The maximum atomic E-state index is 11.6.